The van der Waals surface area contributed by atoms with Gasteiger partial charge in [0, 0.05) is 0 Å². The molecule has 56 heavy (non-hydrogen) atoms. The lowest BCUT2D eigenvalue weighted by atomic mass is 9.99. The zero-order valence-electron chi connectivity index (χ0n) is 37.7. The maximum atomic E-state index is 12.5. The van der Waals surface area contributed by atoms with Crippen molar-refractivity contribution >= 4 is 5.91 Å². The van der Waals surface area contributed by atoms with Gasteiger partial charge in [-0.25, -0.2) is 0 Å². The molecule has 5 N–H and O–H groups in total. The Morgan fingerprint density at radius 2 is 0.714 bits per heavy atom. The minimum absolute atomic E-state index is 0.368. The summed E-state index contributed by atoms with van der Waals surface area (Å²) in [5.74, 6) is -0.583. The molecule has 6 heteroatoms. The predicted octanol–water partition coefficient (Wildman–Crippen LogP) is 13.7. The van der Waals surface area contributed by atoms with Crippen LogP contribution >= 0.6 is 0 Å². The Morgan fingerprint density at radius 3 is 1.04 bits per heavy atom. The van der Waals surface area contributed by atoms with Crippen molar-refractivity contribution in [3.8, 4) is 0 Å². The van der Waals surface area contributed by atoms with Crippen molar-refractivity contribution < 1.29 is 25.2 Å². The lowest BCUT2D eigenvalue weighted by Crippen LogP contribution is -2.53. The highest BCUT2D eigenvalue weighted by Gasteiger charge is 2.28. The van der Waals surface area contributed by atoms with Crippen molar-refractivity contribution in [3.63, 3.8) is 0 Å². The fourth-order valence-electron chi connectivity index (χ4n) is 7.99. The number of hydrogen-bond donors (Lipinski definition) is 5. The van der Waals surface area contributed by atoms with Crippen molar-refractivity contribution in [2.45, 2.75) is 295 Å². The molecule has 0 saturated carbocycles. The molecule has 0 aromatic rings. The Balaban J connectivity index is 3.66. The fraction of sp³-hybridized carbons (Fsp3) is 0.940. The molecule has 0 aliphatic heterocycles. The van der Waals surface area contributed by atoms with Crippen LogP contribution in [0, 0.1) is 0 Å². The van der Waals surface area contributed by atoms with Gasteiger partial charge >= 0.3 is 0 Å². The van der Waals surface area contributed by atoms with Crippen LogP contribution in [-0.4, -0.2) is 57.3 Å². The van der Waals surface area contributed by atoms with Gasteiger partial charge in [-0.3, -0.25) is 4.79 Å². The van der Waals surface area contributed by atoms with Gasteiger partial charge in [0.1, 0.15) is 12.2 Å². The number of aliphatic hydroxyl groups excluding tert-OH is 4. The molecule has 4 atom stereocenters. The third-order valence-electron chi connectivity index (χ3n) is 12.0. The first kappa shape index (κ1) is 55.0. The van der Waals surface area contributed by atoms with Crippen LogP contribution < -0.4 is 5.32 Å². The number of carbonyl (C=O) groups excluding carboxylic acids is 1. The van der Waals surface area contributed by atoms with Crippen LogP contribution in [0.5, 0.6) is 0 Å². The van der Waals surface area contributed by atoms with Crippen molar-refractivity contribution in [2.75, 3.05) is 6.61 Å². The van der Waals surface area contributed by atoms with Crippen molar-refractivity contribution in [1.29, 1.82) is 0 Å². The first-order valence-electron chi connectivity index (χ1n) is 25.1. The molecule has 0 aromatic carbocycles. The Bertz CT molecular complexity index is 806. The summed E-state index contributed by atoms with van der Waals surface area (Å²) in [6.45, 7) is 4.07. The third kappa shape index (κ3) is 38.6. The summed E-state index contributed by atoms with van der Waals surface area (Å²) in [7, 11) is 0. The normalized spacial score (nSPS) is 14.0. The van der Waals surface area contributed by atoms with E-state index in [9.17, 15) is 25.2 Å². The van der Waals surface area contributed by atoms with Crippen LogP contribution in [0.3, 0.4) is 0 Å². The predicted molar refractivity (Wildman–Crippen MR) is 242 cm³/mol. The Labute approximate surface area is 349 Å². The minimum atomic E-state index is -1.26. The van der Waals surface area contributed by atoms with E-state index in [0.29, 0.717) is 12.8 Å². The number of nitrogens with one attached hydrogen (secondary N) is 1. The average Bonchev–Trinajstić information content (AvgIpc) is 3.20. The average molecular weight is 794 g/mol. The monoisotopic (exact) mass is 794 g/mol. The highest BCUT2D eigenvalue weighted by Crippen LogP contribution is 2.17. The van der Waals surface area contributed by atoms with Crippen LogP contribution in [0.2, 0.25) is 0 Å². The summed E-state index contributed by atoms with van der Waals surface area (Å²) in [5, 5.41) is 43.8. The summed E-state index contributed by atoms with van der Waals surface area (Å²) in [5.41, 5.74) is 0. The summed E-state index contributed by atoms with van der Waals surface area (Å²) < 4.78 is 0. The second kappa shape index (κ2) is 45.1. The van der Waals surface area contributed by atoms with E-state index in [-0.39, 0.29) is 0 Å². The molecule has 0 fully saturated rings. The zero-order valence-corrected chi connectivity index (χ0v) is 37.7. The molecule has 0 aliphatic rings. The van der Waals surface area contributed by atoms with Gasteiger partial charge in [0.15, 0.2) is 0 Å². The van der Waals surface area contributed by atoms with E-state index in [1.54, 1.807) is 0 Å². The topological polar surface area (TPSA) is 110 Å². The Morgan fingerprint density at radius 1 is 0.429 bits per heavy atom. The smallest absolute Gasteiger partial charge is 0.249 e. The second-order valence-corrected chi connectivity index (χ2v) is 17.5. The SMILES string of the molecule is CCCCCCCCCCCCCC/C=C\CCCCCCCCCCC(O)C(=O)NC(CO)C(O)C(O)CCCCCCCCCCCCCCCCCC. The van der Waals surface area contributed by atoms with Crippen LogP contribution in [0.4, 0.5) is 0 Å². The molecule has 0 radical (unpaired) electrons. The number of hydrogen-bond acceptors (Lipinski definition) is 5. The fourth-order valence-corrected chi connectivity index (χ4v) is 7.99. The van der Waals surface area contributed by atoms with E-state index in [1.807, 2.05) is 0 Å². The highest BCUT2D eigenvalue weighted by atomic mass is 16.3. The van der Waals surface area contributed by atoms with Gasteiger partial charge in [-0.15, -0.1) is 0 Å². The molecule has 0 bridgehead atoms. The van der Waals surface area contributed by atoms with Gasteiger partial charge in [-0.05, 0) is 38.5 Å². The van der Waals surface area contributed by atoms with Crippen molar-refractivity contribution in [2.24, 2.45) is 0 Å². The van der Waals surface area contributed by atoms with Gasteiger partial charge in [0.2, 0.25) is 5.91 Å². The summed E-state index contributed by atoms with van der Waals surface area (Å²) in [6, 6.07) is -0.983. The van der Waals surface area contributed by atoms with Gasteiger partial charge in [0.05, 0.1) is 18.8 Å². The molecule has 0 aliphatic carbocycles. The molecule has 6 nitrogen and oxygen atoms in total. The molecular formula is C50H99NO5. The van der Waals surface area contributed by atoms with E-state index in [1.165, 1.54) is 205 Å². The molecule has 0 aromatic heterocycles. The largest absolute Gasteiger partial charge is 0.394 e. The van der Waals surface area contributed by atoms with E-state index in [2.05, 4.69) is 31.3 Å². The minimum Gasteiger partial charge on any atom is -0.394 e. The van der Waals surface area contributed by atoms with Crippen LogP contribution in [0.1, 0.15) is 271 Å². The van der Waals surface area contributed by atoms with Crippen LogP contribution in [0.25, 0.3) is 0 Å². The number of unbranched alkanes of at least 4 members (excludes halogenated alkanes) is 35. The van der Waals surface area contributed by atoms with Crippen molar-refractivity contribution in [1.82, 2.24) is 5.32 Å². The molecule has 1 amide bonds. The van der Waals surface area contributed by atoms with Crippen LogP contribution in [0.15, 0.2) is 12.2 Å². The summed E-state index contributed by atoms with van der Waals surface area (Å²) in [6.07, 6.45) is 51.1. The number of amides is 1. The molecule has 0 saturated heterocycles. The van der Waals surface area contributed by atoms with Gasteiger partial charge in [0.25, 0.3) is 0 Å². The van der Waals surface area contributed by atoms with E-state index < -0.39 is 36.9 Å². The van der Waals surface area contributed by atoms with Crippen molar-refractivity contribution in [3.05, 3.63) is 12.2 Å². The van der Waals surface area contributed by atoms with Crippen LogP contribution in [-0.2, 0) is 4.79 Å². The maximum absolute atomic E-state index is 12.5. The zero-order chi connectivity index (χ0) is 41.0. The van der Waals surface area contributed by atoms with Gasteiger partial charge in [-0.1, -0.05) is 244 Å². The Kier molecular flexibility index (Phi) is 44.4. The lowest BCUT2D eigenvalue weighted by molar-refractivity contribution is -0.132. The molecular weight excluding hydrogens is 695 g/mol. The molecule has 0 spiro atoms. The first-order chi connectivity index (χ1) is 27.5. The summed E-state index contributed by atoms with van der Waals surface area (Å²) in [4.78, 5) is 12.5. The van der Waals surface area contributed by atoms with E-state index >= 15 is 0 Å². The van der Waals surface area contributed by atoms with E-state index in [4.69, 9.17) is 0 Å². The Hall–Kier alpha value is -0.950. The molecule has 4 unspecified atom stereocenters. The lowest BCUT2D eigenvalue weighted by Gasteiger charge is -2.27. The first-order valence-corrected chi connectivity index (χ1v) is 25.1. The van der Waals surface area contributed by atoms with Gasteiger partial charge < -0.3 is 25.7 Å². The quantitative estimate of drug-likeness (QED) is 0.0311. The molecule has 0 heterocycles. The number of aliphatic hydroxyl groups is 4. The number of allylic oxidation sites excluding steroid dienone is 2. The second-order valence-electron chi connectivity index (χ2n) is 17.5. The third-order valence-corrected chi connectivity index (χ3v) is 12.0. The maximum Gasteiger partial charge on any atom is 0.249 e. The molecule has 334 valence electrons. The standard InChI is InChI=1S/C50H99NO5/c1-3-5-7-9-11-13-15-17-19-21-22-23-24-25-26-27-28-30-32-34-36-38-40-42-44-48(54)50(56)51-46(45-52)49(55)47(53)43-41-39-37-35-33-31-29-20-18-16-14-12-10-8-6-4-2/h25-26,46-49,52-55H,3-24,27-45H2,1-2H3,(H,51,56)/b26-25-. The highest BCUT2D eigenvalue weighted by molar-refractivity contribution is 5.80. The van der Waals surface area contributed by atoms with E-state index in [0.717, 1.165) is 38.5 Å². The van der Waals surface area contributed by atoms with Gasteiger partial charge in [-0.2, -0.15) is 0 Å². The number of rotatable bonds is 46. The molecule has 0 rings (SSSR count). The number of carbonyl (C=O) groups is 1. The summed E-state index contributed by atoms with van der Waals surface area (Å²) >= 11 is 0.